The van der Waals surface area contributed by atoms with Crippen molar-refractivity contribution in [3.63, 3.8) is 0 Å². The Balaban J connectivity index is 1.47. The van der Waals surface area contributed by atoms with E-state index in [1.807, 2.05) is 24.3 Å². The predicted octanol–water partition coefficient (Wildman–Crippen LogP) is 3.18. The van der Waals surface area contributed by atoms with E-state index in [0.29, 0.717) is 23.7 Å². The molecule has 2 aromatic carbocycles. The largest absolute Gasteiger partial charge is 0.368 e. The molecule has 1 saturated heterocycles. The number of nitrogens with zero attached hydrogens (tertiary/aromatic N) is 2. The summed E-state index contributed by atoms with van der Waals surface area (Å²) in [4.78, 5) is 28.4. The molecular weight excluding hydrogens is 418 g/mol. The highest BCUT2D eigenvalue weighted by molar-refractivity contribution is 9.10. The van der Waals surface area contributed by atoms with Crippen LogP contribution in [0.25, 0.3) is 0 Å². The van der Waals surface area contributed by atoms with Crippen molar-refractivity contribution >= 4 is 45.0 Å². The number of carbonyl (C=O) groups excluding carboxylic acids is 2. The minimum Gasteiger partial charge on any atom is -0.368 e. The second-order valence-corrected chi connectivity index (χ2v) is 7.39. The van der Waals surface area contributed by atoms with E-state index in [0.717, 1.165) is 23.2 Å². The zero-order valence-corrected chi connectivity index (χ0v) is 16.5. The Morgan fingerprint density at radius 2 is 1.58 bits per heavy atom. The van der Waals surface area contributed by atoms with Crippen LogP contribution in [0.15, 0.2) is 53.0 Å². The van der Waals surface area contributed by atoms with Crippen molar-refractivity contribution in [2.45, 2.75) is 0 Å². The summed E-state index contributed by atoms with van der Waals surface area (Å²) in [6.07, 6.45) is 0. The zero-order chi connectivity index (χ0) is 18.5. The van der Waals surface area contributed by atoms with E-state index in [-0.39, 0.29) is 18.4 Å². The highest BCUT2D eigenvalue weighted by Gasteiger charge is 2.21. The van der Waals surface area contributed by atoms with Crippen LogP contribution in [0.4, 0.5) is 5.69 Å². The maximum absolute atomic E-state index is 12.3. The topological polar surface area (TPSA) is 52.7 Å². The highest BCUT2D eigenvalue weighted by atomic mass is 79.9. The van der Waals surface area contributed by atoms with Gasteiger partial charge in [0.25, 0.3) is 5.91 Å². The first-order valence-electron chi connectivity index (χ1n) is 8.35. The van der Waals surface area contributed by atoms with Crippen LogP contribution >= 0.6 is 27.5 Å². The molecule has 1 N–H and O–H groups in total. The number of halogens is 2. The molecule has 0 atom stereocenters. The lowest BCUT2D eigenvalue weighted by Gasteiger charge is -2.36. The average Bonchev–Trinajstić information content (AvgIpc) is 2.67. The molecule has 3 rings (SSSR count). The summed E-state index contributed by atoms with van der Waals surface area (Å²) in [5, 5.41) is 3.40. The summed E-state index contributed by atoms with van der Waals surface area (Å²) in [7, 11) is 0. The molecule has 0 spiro atoms. The van der Waals surface area contributed by atoms with Gasteiger partial charge >= 0.3 is 0 Å². The predicted molar refractivity (Wildman–Crippen MR) is 107 cm³/mol. The summed E-state index contributed by atoms with van der Waals surface area (Å²) in [5.74, 6) is -0.308. The second-order valence-electron chi connectivity index (χ2n) is 6.03. The van der Waals surface area contributed by atoms with Gasteiger partial charge in [-0.2, -0.15) is 0 Å². The fourth-order valence-electron chi connectivity index (χ4n) is 2.84. The smallest absolute Gasteiger partial charge is 0.251 e. The number of amides is 2. The number of anilines is 1. The number of hydrogen-bond acceptors (Lipinski definition) is 3. The Kier molecular flexibility index (Phi) is 6.16. The van der Waals surface area contributed by atoms with Crippen LogP contribution in [-0.2, 0) is 4.79 Å². The molecular formula is C19H19BrClN3O2. The molecule has 0 saturated carbocycles. The van der Waals surface area contributed by atoms with Crippen molar-refractivity contribution in [3.8, 4) is 0 Å². The van der Waals surface area contributed by atoms with Gasteiger partial charge in [0.2, 0.25) is 5.91 Å². The Hall–Kier alpha value is -2.05. The van der Waals surface area contributed by atoms with E-state index in [1.54, 1.807) is 29.2 Å². The first-order valence-corrected chi connectivity index (χ1v) is 9.52. The summed E-state index contributed by atoms with van der Waals surface area (Å²) < 4.78 is 0.906. The standard InChI is InChI=1S/C19H19BrClN3O2/c20-15-3-1-14(2-4-15)19(26)22-13-18(25)24-11-9-23(10-12-24)17-7-5-16(21)6-8-17/h1-8H,9-13H2,(H,22,26). The van der Waals surface area contributed by atoms with Crippen molar-refractivity contribution in [1.82, 2.24) is 10.2 Å². The van der Waals surface area contributed by atoms with Crippen molar-refractivity contribution in [1.29, 1.82) is 0 Å². The van der Waals surface area contributed by atoms with Gasteiger partial charge in [0.15, 0.2) is 0 Å². The van der Waals surface area contributed by atoms with Crippen LogP contribution in [0.3, 0.4) is 0 Å². The minimum absolute atomic E-state index is 0.00976. The molecule has 1 aliphatic rings. The summed E-state index contributed by atoms with van der Waals surface area (Å²) in [5.41, 5.74) is 1.64. The van der Waals surface area contributed by atoms with Gasteiger partial charge in [0.05, 0.1) is 6.54 Å². The molecule has 26 heavy (non-hydrogen) atoms. The lowest BCUT2D eigenvalue weighted by molar-refractivity contribution is -0.130. The first-order chi connectivity index (χ1) is 12.5. The lowest BCUT2D eigenvalue weighted by atomic mass is 10.2. The molecule has 0 unspecified atom stereocenters. The van der Waals surface area contributed by atoms with Crippen molar-refractivity contribution in [3.05, 3.63) is 63.6 Å². The van der Waals surface area contributed by atoms with Crippen LogP contribution in [-0.4, -0.2) is 49.4 Å². The number of benzene rings is 2. The third-order valence-electron chi connectivity index (χ3n) is 4.33. The van der Waals surface area contributed by atoms with Gasteiger partial charge in [-0.3, -0.25) is 9.59 Å². The second kappa shape index (κ2) is 8.56. The zero-order valence-electron chi connectivity index (χ0n) is 14.1. The normalized spacial score (nSPS) is 14.2. The SMILES string of the molecule is O=C(NCC(=O)N1CCN(c2ccc(Cl)cc2)CC1)c1ccc(Br)cc1. The van der Waals surface area contributed by atoms with Crippen molar-refractivity contribution < 1.29 is 9.59 Å². The highest BCUT2D eigenvalue weighted by Crippen LogP contribution is 2.19. The average molecular weight is 437 g/mol. The number of carbonyl (C=O) groups is 2. The summed E-state index contributed by atoms with van der Waals surface area (Å²) in [6.45, 7) is 2.79. The van der Waals surface area contributed by atoms with Crippen LogP contribution in [0.1, 0.15) is 10.4 Å². The Bertz CT molecular complexity index is 772. The molecule has 0 aliphatic carbocycles. The molecule has 1 heterocycles. The van der Waals surface area contributed by atoms with E-state index in [1.165, 1.54) is 0 Å². The maximum atomic E-state index is 12.3. The third-order valence-corrected chi connectivity index (χ3v) is 5.11. The molecule has 136 valence electrons. The van der Waals surface area contributed by atoms with Gasteiger partial charge in [0.1, 0.15) is 0 Å². The van der Waals surface area contributed by atoms with E-state index < -0.39 is 0 Å². The van der Waals surface area contributed by atoms with E-state index in [2.05, 4.69) is 26.1 Å². The van der Waals surface area contributed by atoms with Gasteiger partial charge in [0, 0.05) is 46.9 Å². The molecule has 0 radical (unpaired) electrons. The number of piperazine rings is 1. The van der Waals surface area contributed by atoms with Crippen LogP contribution in [0.5, 0.6) is 0 Å². The Labute approximate surface area is 166 Å². The number of rotatable bonds is 4. The number of nitrogens with one attached hydrogen (secondary N) is 1. The van der Waals surface area contributed by atoms with Crippen LogP contribution in [0.2, 0.25) is 5.02 Å². The van der Waals surface area contributed by atoms with Crippen molar-refractivity contribution in [2.75, 3.05) is 37.6 Å². The quantitative estimate of drug-likeness (QED) is 0.801. The van der Waals surface area contributed by atoms with Crippen LogP contribution in [0, 0.1) is 0 Å². The molecule has 7 heteroatoms. The van der Waals surface area contributed by atoms with E-state index in [4.69, 9.17) is 11.6 Å². The van der Waals surface area contributed by atoms with Gasteiger partial charge in [-0.1, -0.05) is 27.5 Å². The first kappa shape index (κ1) is 18.7. The summed E-state index contributed by atoms with van der Waals surface area (Å²) in [6, 6.07) is 14.7. The lowest BCUT2D eigenvalue weighted by Crippen LogP contribution is -2.51. The maximum Gasteiger partial charge on any atom is 0.251 e. The van der Waals surface area contributed by atoms with Crippen LogP contribution < -0.4 is 10.2 Å². The van der Waals surface area contributed by atoms with Gasteiger partial charge in [-0.15, -0.1) is 0 Å². The van der Waals surface area contributed by atoms with Gasteiger partial charge < -0.3 is 15.1 Å². The molecule has 0 bridgehead atoms. The monoisotopic (exact) mass is 435 g/mol. The number of hydrogen-bond donors (Lipinski definition) is 1. The van der Waals surface area contributed by atoms with Crippen molar-refractivity contribution in [2.24, 2.45) is 0 Å². The van der Waals surface area contributed by atoms with Gasteiger partial charge in [-0.05, 0) is 48.5 Å². The third kappa shape index (κ3) is 4.77. The Morgan fingerprint density at radius 1 is 0.962 bits per heavy atom. The molecule has 1 aliphatic heterocycles. The minimum atomic E-state index is -0.245. The Morgan fingerprint density at radius 3 is 2.19 bits per heavy atom. The molecule has 1 fully saturated rings. The molecule has 5 nitrogen and oxygen atoms in total. The summed E-state index contributed by atoms with van der Waals surface area (Å²) >= 11 is 9.25. The fraction of sp³-hybridized carbons (Fsp3) is 0.263. The van der Waals surface area contributed by atoms with Gasteiger partial charge in [-0.25, -0.2) is 0 Å². The van der Waals surface area contributed by atoms with E-state index in [9.17, 15) is 9.59 Å². The fourth-order valence-corrected chi connectivity index (χ4v) is 3.23. The van der Waals surface area contributed by atoms with E-state index >= 15 is 0 Å². The molecule has 0 aromatic heterocycles. The molecule has 2 aromatic rings. The molecule has 2 amide bonds.